The first-order valence-electron chi connectivity index (χ1n) is 7.83. The standard InChI is InChI=1S/C21H13FN4/c22-16-8-6-15(7-9-16)19-10-17(14-4-2-1-3-5-14)18(11-23)20(26)21(19,12-24)13-25/h1-10,19H,26H2/t19-/m0/s1. The van der Waals surface area contributed by atoms with Crippen LogP contribution in [0.4, 0.5) is 4.39 Å². The molecule has 0 bridgehead atoms. The van der Waals surface area contributed by atoms with Crippen LogP contribution in [0.1, 0.15) is 17.0 Å². The molecule has 26 heavy (non-hydrogen) atoms. The number of nitrogens with zero attached hydrogens (tertiary/aromatic N) is 3. The summed E-state index contributed by atoms with van der Waals surface area (Å²) in [6.45, 7) is 0. The monoisotopic (exact) mass is 340 g/mol. The number of halogens is 1. The fraction of sp³-hybridized carbons (Fsp3) is 0.0952. The lowest BCUT2D eigenvalue weighted by Crippen LogP contribution is -2.35. The van der Waals surface area contributed by atoms with Crippen LogP contribution in [-0.2, 0) is 0 Å². The minimum absolute atomic E-state index is 0.0827. The van der Waals surface area contributed by atoms with E-state index in [0.717, 1.165) is 5.56 Å². The van der Waals surface area contributed by atoms with Gasteiger partial charge in [-0.1, -0.05) is 48.5 Å². The van der Waals surface area contributed by atoms with Crippen molar-refractivity contribution >= 4 is 5.57 Å². The Kier molecular flexibility index (Phi) is 4.27. The Balaban J connectivity index is 2.30. The zero-order valence-corrected chi connectivity index (χ0v) is 13.6. The molecule has 0 unspecified atom stereocenters. The molecule has 0 saturated carbocycles. The third-order valence-corrected chi connectivity index (χ3v) is 4.54. The largest absolute Gasteiger partial charge is 0.399 e. The van der Waals surface area contributed by atoms with Crippen LogP contribution in [0.2, 0.25) is 0 Å². The third-order valence-electron chi connectivity index (χ3n) is 4.54. The summed E-state index contributed by atoms with van der Waals surface area (Å²) < 4.78 is 13.3. The quantitative estimate of drug-likeness (QED) is 0.899. The summed E-state index contributed by atoms with van der Waals surface area (Å²) in [7, 11) is 0. The second-order valence-corrected chi connectivity index (χ2v) is 5.91. The maximum absolute atomic E-state index is 13.3. The molecular formula is C21H13FN4. The van der Waals surface area contributed by atoms with E-state index in [4.69, 9.17) is 5.73 Å². The summed E-state index contributed by atoms with van der Waals surface area (Å²) in [6.07, 6.45) is 1.70. The Morgan fingerprint density at radius 2 is 1.54 bits per heavy atom. The summed E-state index contributed by atoms with van der Waals surface area (Å²) in [5.74, 6) is -1.15. The number of hydrogen-bond donors (Lipinski definition) is 1. The lowest BCUT2D eigenvalue weighted by atomic mass is 9.65. The summed E-state index contributed by atoms with van der Waals surface area (Å²) >= 11 is 0. The maximum Gasteiger partial charge on any atom is 0.194 e. The number of nitriles is 3. The zero-order chi connectivity index (χ0) is 18.7. The SMILES string of the molecule is N#CC1=C(N)C(C#N)(C#N)[C@H](c2ccc(F)cc2)C=C1c1ccccc1. The molecule has 124 valence electrons. The van der Waals surface area contributed by atoms with Crippen molar-refractivity contribution < 1.29 is 4.39 Å². The van der Waals surface area contributed by atoms with Gasteiger partial charge in [-0.2, -0.15) is 15.8 Å². The van der Waals surface area contributed by atoms with Crippen molar-refractivity contribution in [3.05, 3.63) is 88.9 Å². The second kappa shape index (κ2) is 6.55. The van der Waals surface area contributed by atoms with Gasteiger partial charge in [0.05, 0.1) is 23.4 Å². The van der Waals surface area contributed by atoms with Crippen LogP contribution in [0.25, 0.3) is 5.57 Å². The van der Waals surface area contributed by atoms with Crippen molar-refractivity contribution in [3.8, 4) is 18.2 Å². The fourth-order valence-electron chi connectivity index (χ4n) is 3.16. The predicted octanol–water partition coefficient (Wildman–Crippen LogP) is 3.78. The highest BCUT2D eigenvalue weighted by Crippen LogP contribution is 2.48. The Bertz CT molecular complexity index is 1010. The van der Waals surface area contributed by atoms with E-state index in [9.17, 15) is 20.2 Å². The molecule has 2 aromatic carbocycles. The van der Waals surface area contributed by atoms with Crippen LogP contribution in [0.3, 0.4) is 0 Å². The van der Waals surface area contributed by atoms with Crippen LogP contribution in [0.15, 0.2) is 71.9 Å². The molecule has 1 atom stereocenters. The Morgan fingerprint density at radius 1 is 0.923 bits per heavy atom. The van der Waals surface area contributed by atoms with E-state index in [1.807, 2.05) is 48.5 Å². The molecule has 2 N–H and O–H groups in total. The first kappa shape index (κ1) is 17.0. The van der Waals surface area contributed by atoms with E-state index in [-0.39, 0.29) is 11.3 Å². The van der Waals surface area contributed by atoms with Crippen LogP contribution in [0, 0.1) is 45.2 Å². The van der Waals surface area contributed by atoms with Gasteiger partial charge < -0.3 is 5.73 Å². The molecule has 0 saturated heterocycles. The normalized spacial score (nSPS) is 18.2. The van der Waals surface area contributed by atoms with Crippen LogP contribution in [0.5, 0.6) is 0 Å². The third kappa shape index (κ3) is 2.51. The highest BCUT2D eigenvalue weighted by Gasteiger charge is 2.47. The van der Waals surface area contributed by atoms with E-state index in [2.05, 4.69) is 0 Å². The minimum Gasteiger partial charge on any atom is -0.399 e. The molecule has 0 fully saturated rings. The molecule has 2 aromatic rings. The number of rotatable bonds is 2. The van der Waals surface area contributed by atoms with Gasteiger partial charge in [0.1, 0.15) is 11.9 Å². The molecule has 0 radical (unpaired) electrons. The fourth-order valence-corrected chi connectivity index (χ4v) is 3.16. The Labute approximate surface area is 150 Å². The Morgan fingerprint density at radius 3 is 2.08 bits per heavy atom. The molecule has 1 aliphatic rings. The van der Waals surface area contributed by atoms with Crippen molar-refractivity contribution in [1.29, 1.82) is 15.8 Å². The summed E-state index contributed by atoms with van der Waals surface area (Å²) in [6, 6.07) is 20.7. The van der Waals surface area contributed by atoms with E-state index >= 15 is 0 Å². The first-order valence-corrected chi connectivity index (χ1v) is 7.83. The lowest BCUT2D eigenvalue weighted by molar-refractivity contribution is 0.532. The van der Waals surface area contributed by atoms with Gasteiger partial charge in [-0.15, -0.1) is 0 Å². The van der Waals surface area contributed by atoms with Gasteiger partial charge in [0, 0.05) is 5.92 Å². The zero-order valence-electron chi connectivity index (χ0n) is 13.6. The molecule has 3 rings (SSSR count). The molecule has 0 spiro atoms. The van der Waals surface area contributed by atoms with Crippen molar-refractivity contribution in [2.24, 2.45) is 11.1 Å². The Hall–Kier alpha value is -3.88. The van der Waals surface area contributed by atoms with Gasteiger partial charge in [-0.05, 0) is 28.8 Å². The molecule has 1 aliphatic carbocycles. The van der Waals surface area contributed by atoms with Gasteiger partial charge in [0.15, 0.2) is 5.41 Å². The van der Waals surface area contributed by atoms with Crippen LogP contribution >= 0.6 is 0 Å². The number of benzene rings is 2. The molecule has 4 nitrogen and oxygen atoms in total. The summed E-state index contributed by atoms with van der Waals surface area (Å²) in [4.78, 5) is 0. The van der Waals surface area contributed by atoms with Crippen LogP contribution in [-0.4, -0.2) is 0 Å². The van der Waals surface area contributed by atoms with Gasteiger partial charge in [0.25, 0.3) is 0 Å². The molecule has 0 aliphatic heterocycles. The molecule has 0 heterocycles. The molecular weight excluding hydrogens is 327 g/mol. The van der Waals surface area contributed by atoms with Crippen molar-refractivity contribution in [2.45, 2.75) is 5.92 Å². The average molecular weight is 340 g/mol. The average Bonchev–Trinajstić information content (AvgIpc) is 2.69. The van der Waals surface area contributed by atoms with Crippen molar-refractivity contribution in [2.75, 3.05) is 0 Å². The van der Waals surface area contributed by atoms with Gasteiger partial charge >= 0.3 is 0 Å². The summed E-state index contributed by atoms with van der Waals surface area (Å²) in [5.41, 5.74) is 6.35. The maximum atomic E-state index is 13.3. The highest BCUT2D eigenvalue weighted by atomic mass is 19.1. The number of allylic oxidation sites excluding steroid dienone is 4. The molecule has 0 aromatic heterocycles. The second-order valence-electron chi connectivity index (χ2n) is 5.91. The van der Waals surface area contributed by atoms with Crippen molar-refractivity contribution in [3.63, 3.8) is 0 Å². The van der Waals surface area contributed by atoms with Gasteiger partial charge in [-0.3, -0.25) is 0 Å². The lowest BCUT2D eigenvalue weighted by Gasteiger charge is -2.33. The topological polar surface area (TPSA) is 97.4 Å². The smallest absolute Gasteiger partial charge is 0.194 e. The number of hydrogen-bond acceptors (Lipinski definition) is 4. The van der Waals surface area contributed by atoms with E-state index < -0.39 is 17.2 Å². The number of nitrogens with two attached hydrogens (primary N) is 1. The molecule has 5 heteroatoms. The van der Waals surface area contributed by atoms with Gasteiger partial charge in [0.2, 0.25) is 0 Å². The molecule has 0 amide bonds. The highest BCUT2D eigenvalue weighted by molar-refractivity contribution is 5.87. The van der Waals surface area contributed by atoms with E-state index in [0.29, 0.717) is 11.1 Å². The summed E-state index contributed by atoms with van der Waals surface area (Å²) in [5, 5.41) is 29.2. The minimum atomic E-state index is -1.73. The van der Waals surface area contributed by atoms with E-state index in [1.54, 1.807) is 6.08 Å². The van der Waals surface area contributed by atoms with Gasteiger partial charge in [-0.25, -0.2) is 4.39 Å². The van der Waals surface area contributed by atoms with E-state index in [1.165, 1.54) is 24.3 Å². The predicted molar refractivity (Wildman–Crippen MR) is 94.0 cm³/mol. The van der Waals surface area contributed by atoms with Crippen molar-refractivity contribution in [1.82, 2.24) is 0 Å². The van der Waals surface area contributed by atoms with Crippen LogP contribution < -0.4 is 5.73 Å². The first-order chi connectivity index (χ1) is 12.6.